The number of hydrogen-bond acceptors (Lipinski definition) is 3. The van der Waals surface area contributed by atoms with E-state index in [1.54, 1.807) is 0 Å². The number of nitrogens with one attached hydrogen (secondary N) is 1. The van der Waals surface area contributed by atoms with Crippen molar-refractivity contribution in [3.05, 3.63) is 35.9 Å². The van der Waals surface area contributed by atoms with Crippen LogP contribution < -0.4 is 0 Å². The standard InChI is InChI=1S/C12H17N5/c1-16-6-4-11(15-16)9-17-7-3-10(8-17)12-2-5-13-14-12/h2,4-6,10H,3,7-9H2,1H3,(H,13,14)/t10-/m1/s1. The van der Waals surface area contributed by atoms with E-state index in [4.69, 9.17) is 0 Å². The number of hydrogen-bond donors (Lipinski definition) is 1. The molecule has 0 aliphatic carbocycles. The normalized spacial score (nSPS) is 21.1. The van der Waals surface area contributed by atoms with Gasteiger partial charge in [-0.2, -0.15) is 10.2 Å². The van der Waals surface area contributed by atoms with Crippen LogP contribution in [0.25, 0.3) is 0 Å². The van der Waals surface area contributed by atoms with Crippen molar-refractivity contribution in [3.63, 3.8) is 0 Å². The molecule has 5 heteroatoms. The monoisotopic (exact) mass is 231 g/mol. The molecule has 3 rings (SSSR count). The van der Waals surface area contributed by atoms with Crippen molar-refractivity contribution < 1.29 is 0 Å². The molecule has 1 saturated heterocycles. The number of likely N-dealkylation sites (tertiary alicyclic amines) is 1. The Morgan fingerprint density at radius 1 is 1.47 bits per heavy atom. The topological polar surface area (TPSA) is 49.7 Å². The fraction of sp³-hybridized carbons (Fsp3) is 0.500. The van der Waals surface area contributed by atoms with E-state index < -0.39 is 0 Å². The highest BCUT2D eigenvalue weighted by molar-refractivity contribution is 5.09. The maximum Gasteiger partial charge on any atom is 0.0764 e. The van der Waals surface area contributed by atoms with Gasteiger partial charge in [-0.3, -0.25) is 14.7 Å². The molecular formula is C12H17N5. The van der Waals surface area contributed by atoms with E-state index >= 15 is 0 Å². The molecule has 1 N–H and O–H groups in total. The summed E-state index contributed by atoms with van der Waals surface area (Å²) in [4.78, 5) is 2.45. The molecule has 0 saturated carbocycles. The van der Waals surface area contributed by atoms with Gasteiger partial charge in [-0.25, -0.2) is 0 Å². The third-order valence-corrected chi connectivity index (χ3v) is 3.39. The maximum atomic E-state index is 4.42. The van der Waals surface area contributed by atoms with E-state index in [9.17, 15) is 0 Å². The second-order valence-corrected chi connectivity index (χ2v) is 4.71. The number of aromatic amines is 1. The summed E-state index contributed by atoms with van der Waals surface area (Å²) in [6, 6.07) is 4.17. The van der Waals surface area contributed by atoms with E-state index in [1.165, 1.54) is 12.1 Å². The van der Waals surface area contributed by atoms with Gasteiger partial charge in [-0.15, -0.1) is 0 Å². The predicted octanol–water partition coefficient (Wildman–Crippen LogP) is 1.13. The zero-order chi connectivity index (χ0) is 11.7. The minimum atomic E-state index is 0.598. The van der Waals surface area contributed by atoms with E-state index in [2.05, 4.69) is 32.3 Å². The third-order valence-electron chi connectivity index (χ3n) is 3.39. The van der Waals surface area contributed by atoms with Crippen LogP contribution in [0.3, 0.4) is 0 Å². The first kappa shape index (κ1) is 10.5. The largest absolute Gasteiger partial charge is 0.297 e. The van der Waals surface area contributed by atoms with Crippen molar-refractivity contribution in [3.8, 4) is 0 Å². The molecule has 2 aromatic rings. The van der Waals surface area contributed by atoms with Crippen LogP contribution in [-0.4, -0.2) is 38.0 Å². The lowest BCUT2D eigenvalue weighted by Crippen LogP contribution is -2.20. The van der Waals surface area contributed by atoms with Gasteiger partial charge in [0.1, 0.15) is 0 Å². The SMILES string of the molecule is Cn1ccc(CN2CC[C@@H](c3ccn[nH]3)C2)n1. The van der Waals surface area contributed by atoms with Gasteiger partial charge in [0.25, 0.3) is 0 Å². The molecule has 0 radical (unpaired) electrons. The molecule has 90 valence electrons. The second-order valence-electron chi connectivity index (χ2n) is 4.71. The molecule has 5 nitrogen and oxygen atoms in total. The van der Waals surface area contributed by atoms with Gasteiger partial charge in [0.15, 0.2) is 0 Å². The van der Waals surface area contributed by atoms with Gasteiger partial charge in [0, 0.05) is 44.1 Å². The average molecular weight is 231 g/mol. The smallest absolute Gasteiger partial charge is 0.0764 e. The molecule has 2 aromatic heterocycles. The Kier molecular flexibility index (Phi) is 2.68. The molecule has 0 bridgehead atoms. The lowest BCUT2D eigenvalue weighted by atomic mass is 10.1. The molecule has 0 spiro atoms. The predicted molar refractivity (Wildman–Crippen MR) is 64.4 cm³/mol. The van der Waals surface area contributed by atoms with Crippen LogP contribution >= 0.6 is 0 Å². The lowest BCUT2D eigenvalue weighted by molar-refractivity contribution is 0.321. The van der Waals surface area contributed by atoms with Gasteiger partial charge in [-0.05, 0) is 25.1 Å². The molecule has 1 atom stereocenters. The Balaban J connectivity index is 1.61. The number of H-pyrrole nitrogens is 1. The van der Waals surface area contributed by atoms with Crippen LogP contribution in [-0.2, 0) is 13.6 Å². The van der Waals surface area contributed by atoms with Crippen molar-refractivity contribution in [2.75, 3.05) is 13.1 Å². The number of nitrogens with zero attached hydrogens (tertiary/aromatic N) is 4. The first-order valence-electron chi connectivity index (χ1n) is 6.01. The molecule has 1 fully saturated rings. The Bertz CT molecular complexity index is 473. The molecule has 3 heterocycles. The summed E-state index contributed by atoms with van der Waals surface area (Å²) in [5, 5.41) is 11.5. The van der Waals surface area contributed by atoms with Crippen molar-refractivity contribution in [2.24, 2.45) is 7.05 Å². The molecule has 0 unspecified atom stereocenters. The van der Waals surface area contributed by atoms with Gasteiger partial charge in [-0.1, -0.05) is 0 Å². The minimum Gasteiger partial charge on any atom is -0.297 e. The summed E-state index contributed by atoms with van der Waals surface area (Å²) in [5.41, 5.74) is 2.41. The Labute approximate surface area is 100 Å². The summed E-state index contributed by atoms with van der Waals surface area (Å²) in [6.07, 6.45) is 5.03. The van der Waals surface area contributed by atoms with Crippen molar-refractivity contribution in [1.82, 2.24) is 24.9 Å². The highest BCUT2D eigenvalue weighted by atomic mass is 15.3. The van der Waals surface area contributed by atoms with Crippen LogP contribution in [0.4, 0.5) is 0 Å². The summed E-state index contributed by atoms with van der Waals surface area (Å²) >= 11 is 0. The van der Waals surface area contributed by atoms with Gasteiger partial charge in [0.05, 0.1) is 5.69 Å². The first-order valence-corrected chi connectivity index (χ1v) is 6.01. The summed E-state index contributed by atoms with van der Waals surface area (Å²) in [5.74, 6) is 0.598. The minimum absolute atomic E-state index is 0.598. The van der Waals surface area contributed by atoms with Gasteiger partial charge in [0.2, 0.25) is 0 Å². The fourth-order valence-electron chi connectivity index (χ4n) is 2.50. The summed E-state index contributed by atoms with van der Waals surface area (Å²) < 4.78 is 1.86. The van der Waals surface area contributed by atoms with E-state index in [-0.39, 0.29) is 0 Å². The highest BCUT2D eigenvalue weighted by Gasteiger charge is 2.24. The quantitative estimate of drug-likeness (QED) is 0.861. The van der Waals surface area contributed by atoms with E-state index in [0.29, 0.717) is 5.92 Å². The van der Waals surface area contributed by atoms with Crippen LogP contribution in [0.15, 0.2) is 24.5 Å². The molecule has 1 aliphatic rings. The number of rotatable bonds is 3. The molecule has 0 aromatic carbocycles. The molecule has 0 amide bonds. The zero-order valence-electron chi connectivity index (χ0n) is 10.0. The molecule has 1 aliphatic heterocycles. The zero-order valence-corrected chi connectivity index (χ0v) is 10.0. The Morgan fingerprint density at radius 3 is 3.12 bits per heavy atom. The fourth-order valence-corrected chi connectivity index (χ4v) is 2.50. The first-order chi connectivity index (χ1) is 8.31. The van der Waals surface area contributed by atoms with Crippen molar-refractivity contribution >= 4 is 0 Å². The van der Waals surface area contributed by atoms with Gasteiger partial charge >= 0.3 is 0 Å². The van der Waals surface area contributed by atoms with Crippen LogP contribution in [0.1, 0.15) is 23.7 Å². The summed E-state index contributed by atoms with van der Waals surface area (Å²) in [7, 11) is 1.96. The van der Waals surface area contributed by atoms with Crippen LogP contribution in [0.5, 0.6) is 0 Å². The third kappa shape index (κ3) is 2.24. The van der Waals surface area contributed by atoms with Crippen LogP contribution in [0.2, 0.25) is 0 Å². The lowest BCUT2D eigenvalue weighted by Gasteiger charge is -2.13. The van der Waals surface area contributed by atoms with Crippen molar-refractivity contribution in [2.45, 2.75) is 18.9 Å². The van der Waals surface area contributed by atoms with Crippen molar-refractivity contribution in [1.29, 1.82) is 0 Å². The number of aromatic nitrogens is 4. The van der Waals surface area contributed by atoms with Gasteiger partial charge < -0.3 is 0 Å². The number of aryl methyl sites for hydroxylation is 1. The van der Waals surface area contributed by atoms with Crippen LogP contribution in [0, 0.1) is 0 Å². The van der Waals surface area contributed by atoms with E-state index in [1.807, 2.05) is 24.1 Å². The summed E-state index contributed by atoms with van der Waals surface area (Å²) in [6.45, 7) is 3.19. The van der Waals surface area contributed by atoms with E-state index in [0.717, 1.165) is 25.3 Å². The highest BCUT2D eigenvalue weighted by Crippen LogP contribution is 2.26. The Morgan fingerprint density at radius 2 is 2.41 bits per heavy atom. The molecular weight excluding hydrogens is 214 g/mol. The maximum absolute atomic E-state index is 4.42. The second kappa shape index (κ2) is 4.33. The molecule has 17 heavy (non-hydrogen) atoms. The Hall–Kier alpha value is -1.62. The average Bonchev–Trinajstić information content (AvgIpc) is 3.00.